The smallest absolute Gasteiger partial charge is 0.331 e. The third kappa shape index (κ3) is 3.96. The molecule has 1 saturated heterocycles. The third-order valence-electron chi connectivity index (χ3n) is 4.89. The lowest BCUT2D eigenvalue weighted by Gasteiger charge is -2.34. The second-order valence-electron chi connectivity index (χ2n) is 6.55. The Morgan fingerprint density at radius 2 is 1.86 bits per heavy atom. The Morgan fingerprint density at radius 1 is 1.19 bits per heavy atom. The summed E-state index contributed by atoms with van der Waals surface area (Å²) in [4.78, 5) is 24.9. The maximum atomic E-state index is 12.6. The highest BCUT2D eigenvalue weighted by molar-refractivity contribution is 5.89. The molecule has 0 aromatic heterocycles. The number of esters is 1. The summed E-state index contributed by atoms with van der Waals surface area (Å²) in [6.45, 7) is 2.96. The lowest BCUT2D eigenvalue weighted by molar-refractivity contribution is -0.152. The number of carbonyl (C=O) groups is 2. The molecule has 0 radical (unpaired) electrons. The van der Waals surface area contributed by atoms with Gasteiger partial charge in [0, 0.05) is 12.0 Å². The highest BCUT2D eigenvalue weighted by atomic mass is 16.5. The molecule has 1 saturated carbocycles. The minimum atomic E-state index is -0.795. The number of ether oxygens (including phenoxy) is 1. The third-order valence-corrected chi connectivity index (χ3v) is 4.89. The molecule has 5 nitrogen and oxygen atoms in total. The first-order chi connectivity index (χ1) is 10.1. The molecule has 0 unspecified atom stereocenters. The molecule has 0 spiro atoms. The van der Waals surface area contributed by atoms with Crippen molar-refractivity contribution in [1.29, 1.82) is 0 Å². The predicted molar refractivity (Wildman–Crippen MR) is 80.8 cm³/mol. The summed E-state index contributed by atoms with van der Waals surface area (Å²) in [7, 11) is 1.41. The van der Waals surface area contributed by atoms with Crippen LogP contribution in [0.25, 0.3) is 0 Å². The Kier molecular flexibility index (Phi) is 5.62. The monoisotopic (exact) mass is 296 g/mol. The largest absolute Gasteiger partial charge is 0.467 e. The quantitative estimate of drug-likeness (QED) is 0.615. The summed E-state index contributed by atoms with van der Waals surface area (Å²) in [6.07, 6.45) is 7.27. The Hall–Kier alpha value is -1.10. The van der Waals surface area contributed by atoms with E-state index in [1.165, 1.54) is 7.11 Å². The van der Waals surface area contributed by atoms with Crippen LogP contribution in [0, 0.1) is 5.92 Å². The van der Waals surface area contributed by atoms with Crippen molar-refractivity contribution in [3.63, 3.8) is 0 Å². The normalized spacial score (nSPS) is 29.2. The zero-order chi connectivity index (χ0) is 15.3. The molecule has 2 rings (SSSR count). The van der Waals surface area contributed by atoms with Crippen molar-refractivity contribution in [2.75, 3.05) is 13.7 Å². The van der Waals surface area contributed by atoms with Gasteiger partial charge in [-0.3, -0.25) is 4.79 Å². The first-order valence-corrected chi connectivity index (χ1v) is 8.21. The molecular weight excluding hydrogens is 268 g/mol. The van der Waals surface area contributed by atoms with E-state index in [-0.39, 0.29) is 17.8 Å². The topological polar surface area (TPSA) is 67.4 Å². The lowest BCUT2D eigenvalue weighted by Crippen LogP contribution is -2.57. The Bertz CT molecular complexity index is 376. The molecule has 2 N–H and O–H groups in total. The van der Waals surface area contributed by atoms with Crippen LogP contribution in [0.2, 0.25) is 0 Å². The summed E-state index contributed by atoms with van der Waals surface area (Å²) in [5.41, 5.74) is -0.795. The van der Waals surface area contributed by atoms with Gasteiger partial charge < -0.3 is 15.4 Å². The van der Waals surface area contributed by atoms with Gasteiger partial charge in [0.15, 0.2) is 0 Å². The molecule has 0 bridgehead atoms. The van der Waals surface area contributed by atoms with Crippen LogP contribution < -0.4 is 10.6 Å². The molecule has 1 aliphatic heterocycles. The van der Waals surface area contributed by atoms with E-state index in [0.717, 1.165) is 45.1 Å². The van der Waals surface area contributed by atoms with E-state index in [9.17, 15) is 9.59 Å². The fourth-order valence-electron chi connectivity index (χ4n) is 3.62. The van der Waals surface area contributed by atoms with Crippen LogP contribution in [-0.4, -0.2) is 37.1 Å². The number of nitrogens with one attached hydrogen (secondary N) is 2. The van der Waals surface area contributed by atoms with Gasteiger partial charge in [-0.05, 0) is 39.2 Å². The second kappa shape index (κ2) is 7.25. The van der Waals surface area contributed by atoms with Crippen molar-refractivity contribution in [2.45, 2.75) is 69.9 Å². The van der Waals surface area contributed by atoms with Crippen LogP contribution in [-0.2, 0) is 14.3 Å². The SMILES string of the molecule is COC(=O)C1(NC(=O)[C@H]2CCN[C@@H](C)C2)CCCCCC1. The van der Waals surface area contributed by atoms with Crippen LogP contribution >= 0.6 is 0 Å². The standard InChI is InChI=1S/C16H28N2O3/c1-12-11-13(7-10-17-12)14(19)18-16(15(20)21-2)8-5-3-4-6-9-16/h12-13,17H,3-11H2,1-2H3,(H,18,19)/t12-,13-/m0/s1. The molecule has 1 amide bonds. The second-order valence-corrected chi connectivity index (χ2v) is 6.55. The summed E-state index contributed by atoms with van der Waals surface area (Å²) >= 11 is 0. The maximum Gasteiger partial charge on any atom is 0.331 e. The van der Waals surface area contributed by atoms with Gasteiger partial charge in [0.2, 0.25) is 5.91 Å². The van der Waals surface area contributed by atoms with E-state index >= 15 is 0 Å². The van der Waals surface area contributed by atoms with Gasteiger partial charge in [0.05, 0.1) is 7.11 Å². The summed E-state index contributed by atoms with van der Waals surface area (Å²) in [6, 6.07) is 0.359. The number of piperidine rings is 1. The molecule has 5 heteroatoms. The van der Waals surface area contributed by atoms with Gasteiger partial charge in [-0.25, -0.2) is 4.79 Å². The number of carbonyl (C=O) groups excluding carboxylic acids is 2. The van der Waals surface area contributed by atoms with Gasteiger partial charge in [-0.1, -0.05) is 25.7 Å². The predicted octanol–water partition coefficient (Wildman–Crippen LogP) is 1.76. The fourth-order valence-corrected chi connectivity index (χ4v) is 3.62. The van der Waals surface area contributed by atoms with Crippen LogP contribution in [0.15, 0.2) is 0 Å². The molecule has 120 valence electrons. The number of hydrogen-bond donors (Lipinski definition) is 2. The zero-order valence-electron chi connectivity index (χ0n) is 13.2. The summed E-state index contributed by atoms with van der Waals surface area (Å²) < 4.78 is 4.99. The van der Waals surface area contributed by atoms with E-state index < -0.39 is 5.54 Å². The molecule has 1 aliphatic carbocycles. The van der Waals surface area contributed by atoms with Gasteiger partial charge in [-0.15, -0.1) is 0 Å². The van der Waals surface area contributed by atoms with E-state index in [2.05, 4.69) is 17.6 Å². The minimum Gasteiger partial charge on any atom is -0.467 e. The zero-order valence-corrected chi connectivity index (χ0v) is 13.2. The number of methoxy groups -OCH3 is 1. The lowest BCUT2D eigenvalue weighted by atomic mass is 9.87. The van der Waals surface area contributed by atoms with E-state index in [0.29, 0.717) is 18.9 Å². The van der Waals surface area contributed by atoms with Crippen molar-refractivity contribution in [3.8, 4) is 0 Å². The summed E-state index contributed by atoms with van der Waals surface area (Å²) in [5.74, 6) is -0.249. The average Bonchev–Trinajstić information content (AvgIpc) is 2.73. The van der Waals surface area contributed by atoms with Crippen molar-refractivity contribution in [1.82, 2.24) is 10.6 Å². The van der Waals surface area contributed by atoms with E-state index in [1.54, 1.807) is 0 Å². The average molecular weight is 296 g/mol. The number of rotatable bonds is 3. The Morgan fingerprint density at radius 3 is 2.43 bits per heavy atom. The van der Waals surface area contributed by atoms with Crippen molar-refractivity contribution < 1.29 is 14.3 Å². The van der Waals surface area contributed by atoms with Crippen LogP contribution in [0.1, 0.15) is 58.3 Å². The highest BCUT2D eigenvalue weighted by Crippen LogP contribution is 2.29. The molecular formula is C16H28N2O3. The first-order valence-electron chi connectivity index (χ1n) is 8.21. The Labute approximate surface area is 127 Å². The van der Waals surface area contributed by atoms with Gasteiger partial charge in [0.1, 0.15) is 5.54 Å². The molecule has 2 fully saturated rings. The first kappa shape index (κ1) is 16.3. The van der Waals surface area contributed by atoms with E-state index in [1.807, 2.05) is 0 Å². The molecule has 0 aromatic carbocycles. The fraction of sp³-hybridized carbons (Fsp3) is 0.875. The molecule has 2 atom stereocenters. The van der Waals surface area contributed by atoms with Gasteiger partial charge in [-0.2, -0.15) is 0 Å². The number of hydrogen-bond acceptors (Lipinski definition) is 4. The Balaban J connectivity index is 2.06. The van der Waals surface area contributed by atoms with Crippen molar-refractivity contribution >= 4 is 11.9 Å². The molecule has 1 heterocycles. The van der Waals surface area contributed by atoms with Gasteiger partial charge in [0.25, 0.3) is 0 Å². The highest BCUT2D eigenvalue weighted by Gasteiger charge is 2.42. The van der Waals surface area contributed by atoms with Crippen LogP contribution in [0.5, 0.6) is 0 Å². The van der Waals surface area contributed by atoms with Crippen molar-refractivity contribution in [3.05, 3.63) is 0 Å². The van der Waals surface area contributed by atoms with Gasteiger partial charge >= 0.3 is 5.97 Å². The van der Waals surface area contributed by atoms with E-state index in [4.69, 9.17) is 4.74 Å². The summed E-state index contributed by atoms with van der Waals surface area (Å²) in [5, 5.41) is 6.42. The van der Waals surface area contributed by atoms with Crippen molar-refractivity contribution in [2.24, 2.45) is 5.92 Å². The number of amides is 1. The van der Waals surface area contributed by atoms with Crippen LogP contribution in [0.3, 0.4) is 0 Å². The van der Waals surface area contributed by atoms with Crippen LogP contribution in [0.4, 0.5) is 0 Å². The molecule has 21 heavy (non-hydrogen) atoms. The molecule has 2 aliphatic rings. The minimum absolute atomic E-state index is 0.00559. The molecule has 0 aromatic rings. The maximum absolute atomic E-state index is 12.6.